The highest BCUT2D eigenvalue weighted by Crippen LogP contribution is 2.59. The van der Waals surface area contributed by atoms with E-state index in [4.69, 9.17) is 0 Å². The van der Waals surface area contributed by atoms with Gasteiger partial charge in [-0.1, -0.05) is 24.3 Å². The van der Waals surface area contributed by atoms with Gasteiger partial charge in [0.2, 0.25) is 5.91 Å². The molecule has 1 saturated heterocycles. The summed E-state index contributed by atoms with van der Waals surface area (Å²) in [5.74, 6) is 0.930. The molecule has 2 fully saturated rings. The molecule has 1 spiro atoms. The maximum Gasteiger partial charge on any atom is 0.219 e. The van der Waals surface area contributed by atoms with Gasteiger partial charge in [0, 0.05) is 25.6 Å². The number of carbonyl (C=O) groups is 1. The minimum atomic E-state index is 0.230. The van der Waals surface area contributed by atoms with Crippen LogP contribution in [0, 0.1) is 11.3 Å². The van der Waals surface area contributed by atoms with Gasteiger partial charge in [0.05, 0.1) is 24.3 Å². The van der Waals surface area contributed by atoms with Crippen LogP contribution in [0.1, 0.15) is 44.2 Å². The van der Waals surface area contributed by atoms with Crippen molar-refractivity contribution < 1.29 is 4.79 Å². The SMILES string of the molecule is CC(=O)N1CCC2(CC1)CC([C@H]1c3ccccc3-c3cncn31)C2. The van der Waals surface area contributed by atoms with E-state index < -0.39 is 0 Å². The van der Waals surface area contributed by atoms with Crippen LogP contribution in [0.5, 0.6) is 0 Å². The molecule has 2 aliphatic heterocycles. The van der Waals surface area contributed by atoms with E-state index in [9.17, 15) is 4.79 Å². The third kappa shape index (κ3) is 1.92. The average Bonchev–Trinajstić information content (AvgIpc) is 3.13. The third-order valence-corrected chi connectivity index (χ3v) is 6.63. The lowest BCUT2D eigenvalue weighted by molar-refractivity contribution is -0.133. The number of amides is 1. The fourth-order valence-corrected chi connectivity index (χ4v) is 5.33. The van der Waals surface area contributed by atoms with Crippen molar-refractivity contribution in [3.8, 4) is 11.3 Å². The number of imidazole rings is 1. The molecule has 0 radical (unpaired) electrons. The maximum atomic E-state index is 11.6. The van der Waals surface area contributed by atoms with Crippen LogP contribution in [0.2, 0.25) is 0 Å². The zero-order valence-electron chi connectivity index (χ0n) is 14.1. The topological polar surface area (TPSA) is 38.1 Å². The van der Waals surface area contributed by atoms with Gasteiger partial charge in [-0.3, -0.25) is 4.79 Å². The molecule has 3 aliphatic rings. The smallest absolute Gasteiger partial charge is 0.219 e. The number of hydrogen-bond donors (Lipinski definition) is 0. The first-order valence-corrected chi connectivity index (χ1v) is 9.04. The van der Waals surface area contributed by atoms with Gasteiger partial charge in [-0.15, -0.1) is 0 Å². The van der Waals surface area contributed by atoms with E-state index in [1.54, 1.807) is 6.92 Å². The molecule has 5 rings (SSSR count). The second-order valence-electron chi connectivity index (χ2n) is 7.89. The van der Waals surface area contributed by atoms with E-state index in [1.807, 2.05) is 17.4 Å². The van der Waals surface area contributed by atoms with Crippen molar-refractivity contribution in [2.75, 3.05) is 13.1 Å². The van der Waals surface area contributed by atoms with Crippen LogP contribution < -0.4 is 0 Å². The van der Waals surface area contributed by atoms with Crippen molar-refractivity contribution in [2.24, 2.45) is 11.3 Å². The summed E-state index contributed by atoms with van der Waals surface area (Å²) in [4.78, 5) is 17.9. The summed E-state index contributed by atoms with van der Waals surface area (Å²) >= 11 is 0. The molecule has 0 bridgehead atoms. The highest BCUT2D eigenvalue weighted by atomic mass is 16.2. The van der Waals surface area contributed by atoms with Gasteiger partial charge in [-0.25, -0.2) is 4.98 Å². The van der Waals surface area contributed by atoms with Gasteiger partial charge in [0.15, 0.2) is 0 Å². The van der Waals surface area contributed by atoms with Gasteiger partial charge >= 0.3 is 0 Å². The number of likely N-dealkylation sites (tertiary alicyclic amines) is 1. The number of benzene rings is 1. The summed E-state index contributed by atoms with van der Waals surface area (Å²) in [6.45, 7) is 3.58. The zero-order valence-corrected chi connectivity index (χ0v) is 14.1. The Morgan fingerprint density at radius 1 is 1.21 bits per heavy atom. The first-order chi connectivity index (χ1) is 11.7. The summed E-state index contributed by atoms with van der Waals surface area (Å²) in [6.07, 6.45) is 8.93. The van der Waals surface area contributed by atoms with E-state index in [-0.39, 0.29) is 5.91 Å². The largest absolute Gasteiger partial charge is 0.343 e. The van der Waals surface area contributed by atoms with Gasteiger partial charge in [0.1, 0.15) is 0 Å². The number of rotatable bonds is 1. The maximum absolute atomic E-state index is 11.6. The van der Waals surface area contributed by atoms with Gasteiger partial charge in [0.25, 0.3) is 0 Å². The molecule has 24 heavy (non-hydrogen) atoms. The summed E-state index contributed by atoms with van der Waals surface area (Å²) in [5, 5.41) is 0. The average molecular weight is 321 g/mol. The van der Waals surface area contributed by atoms with Crippen LogP contribution in [0.3, 0.4) is 0 Å². The molecule has 1 aromatic carbocycles. The van der Waals surface area contributed by atoms with Crippen LogP contribution in [-0.2, 0) is 4.79 Å². The van der Waals surface area contributed by atoms with E-state index in [0.717, 1.165) is 13.1 Å². The Morgan fingerprint density at radius 3 is 2.71 bits per heavy atom. The molecule has 4 nitrogen and oxygen atoms in total. The Morgan fingerprint density at radius 2 is 1.96 bits per heavy atom. The number of aromatic nitrogens is 2. The molecule has 124 valence electrons. The lowest BCUT2D eigenvalue weighted by Gasteiger charge is -2.54. The lowest BCUT2D eigenvalue weighted by Crippen LogP contribution is -2.49. The van der Waals surface area contributed by atoms with Crippen LogP contribution in [-0.4, -0.2) is 33.4 Å². The molecule has 3 heterocycles. The Hall–Kier alpha value is -2.10. The van der Waals surface area contributed by atoms with Crippen molar-refractivity contribution in [1.29, 1.82) is 0 Å². The third-order valence-electron chi connectivity index (χ3n) is 6.63. The first kappa shape index (κ1) is 14.3. The Kier molecular flexibility index (Phi) is 2.94. The van der Waals surface area contributed by atoms with Crippen LogP contribution in [0.4, 0.5) is 0 Å². The van der Waals surface area contributed by atoms with Gasteiger partial charge in [-0.05, 0) is 42.6 Å². The predicted octanol–water partition coefficient (Wildman–Crippen LogP) is 3.49. The number of hydrogen-bond acceptors (Lipinski definition) is 2. The Bertz CT molecular complexity index is 793. The highest BCUT2D eigenvalue weighted by Gasteiger charge is 2.50. The molecule has 1 atom stereocenters. The van der Waals surface area contributed by atoms with Gasteiger partial charge in [-0.2, -0.15) is 0 Å². The van der Waals surface area contributed by atoms with E-state index >= 15 is 0 Å². The molecule has 0 unspecified atom stereocenters. The van der Waals surface area contributed by atoms with Crippen LogP contribution >= 0.6 is 0 Å². The summed E-state index contributed by atoms with van der Waals surface area (Å²) < 4.78 is 2.38. The molecule has 2 aromatic rings. The van der Waals surface area contributed by atoms with Crippen LogP contribution in [0.15, 0.2) is 36.8 Å². The first-order valence-electron chi connectivity index (χ1n) is 9.04. The Labute approximate surface area is 142 Å². The fraction of sp³-hybridized carbons (Fsp3) is 0.500. The second-order valence-corrected chi connectivity index (χ2v) is 7.89. The predicted molar refractivity (Wildman–Crippen MR) is 92.4 cm³/mol. The molecule has 1 aliphatic carbocycles. The number of fused-ring (bicyclic) bond motifs is 3. The quantitative estimate of drug-likeness (QED) is 0.806. The van der Waals surface area contributed by atoms with Gasteiger partial charge < -0.3 is 9.47 Å². The molecule has 0 N–H and O–H groups in total. The minimum absolute atomic E-state index is 0.230. The minimum Gasteiger partial charge on any atom is -0.343 e. The van der Waals surface area contributed by atoms with Crippen molar-refractivity contribution in [3.63, 3.8) is 0 Å². The number of nitrogens with zero attached hydrogens (tertiary/aromatic N) is 3. The fourth-order valence-electron chi connectivity index (χ4n) is 5.33. The standard InChI is InChI=1S/C20H23N3O/c1-14(24)22-8-6-20(7-9-22)10-15(11-20)19-17-5-3-2-4-16(17)18-12-21-13-23(18)19/h2-5,12-13,15,19H,6-11H2,1H3/t19-/m0/s1. The van der Waals surface area contributed by atoms with Crippen molar-refractivity contribution in [2.45, 2.75) is 38.6 Å². The van der Waals surface area contributed by atoms with Crippen molar-refractivity contribution in [3.05, 3.63) is 42.4 Å². The summed E-state index contributed by atoms with van der Waals surface area (Å²) in [5.41, 5.74) is 4.57. The van der Waals surface area contributed by atoms with E-state index in [1.165, 1.54) is 42.5 Å². The highest BCUT2D eigenvalue weighted by molar-refractivity contribution is 5.73. The molecule has 4 heteroatoms. The normalized spacial score (nSPS) is 24.5. The van der Waals surface area contributed by atoms with Crippen molar-refractivity contribution >= 4 is 5.91 Å². The number of carbonyl (C=O) groups excluding carboxylic acids is 1. The van der Waals surface area contributed by atoms with E-state index in [2.05, 4.69) is 33.8 Å². The summed E-state index contributed by atoms with van der Waals surface area (Å²) in [6, 6.07) is 9.25. The monoisotopic (exact) mass is 321 g/mol. The van der Waals surface area contributed by atoms with Crippen LogP contribution in [0.25, 0.3) is 11.3 Å². The molecule has 1 saturated carbocycles. The van der Waals surface area contributed by atoms with Crippen molar-refractivity contribution in [1.82, 2.24) is 14.5 Å². The second kappa shape index (κ2) is 4.95. The molecule has 1 amide bonds. The number of piperidine rings is 1. The summed E-state index contributed by atoms with van der Waals surface area (Å²) in [7, 11) is 0. The molecular weight excluding hydrogens is 298 g/mol. The molecule has 1 aromatic heterocycles. The zero-order chi connectivity index (χ0) is 16.3. The van der Waals surface area contributed by atoms with E-state index in [0.29, 0.717) is 17.4 Å². The lowest BCUT2D eigenvalue weighted by atomic mass is 9.55. The molecular formula is C20H23N3O. The Balaban J connectivity index is 1.36.